The van der Waals surface area contributed by atoms with Crippen LogP contribution >= 0.6 is 0 Å². The molecule has 0 unspecified atom stereocenters. The maximum absolute atomic E-state index is 12.4. The minimum absolute atomic E-state index is 0.00853. The molecule has 0 aliphatic rings. The van der Waals surface area contributed by atoms with Gasteiger partial charge in [0.05, 0.1) is 31.8 Å². The summed E-state index contributed by atoms with van der Waals surface area (Å²) in [6, 6.07) is 10.5. The first kappa shape index (κ1) is 21.1. The minimum atomic E-state index is -3.86. The third-order valence-corrected chi connectivity index (χ3v) is 5.68. The Morgan fingerprint density at radius 3 is 2.27 bits per heavy atom. The Bertz CT molecular complexity index is 1140. The molecule has 30 heavy (non-hydrogen) atoms. The Hall–Kier alpha value is -3.60. The highest BCUT2D eigenvalue weighted by Crippen LogP contribution is 2.33. The molecule has 0 saturated heterocycles. The Kier molecular flexibility index (Phi) is 6.21. The van der Waals surface area contributed by atoms with E-state index in [2.05, 4.69) is 15.5 Å². The molecule has 0 aliphatic heterocycles. The number of amides is 1. The summed E-state index contributed by atoms with van der Waals surface area (Å²) in [5.41, 5.74) is 0.454. The van der Waals surface area contributed by atoms with E-state index in [0.29, 0.717) is 22.8 Å². The minimum Gasteiger partial charge on any atom is -0.497 e. The predicted octanol–water partition coefficient (Wildman–Crippen LogP) is 2.17. The normalized spacial score (nSPS) is 11.0. The quantitative estimate of drug-likeness (QED) is 0.568. The van der Waals surface area contributed by atoms with Crippen LogP contribution in [0.15, 0.2) is 51.8 Å². The van der Waals surface area contributed by atoms with Crippen molar-refractivity contribution >= 4 is 21.8 Å². The molecule has 0 aliphatic carbocycles. The standard InChI is InChI=1S/C19H19N3O7S/c1-26-12-4-7-14(8-5-12)30(24,25)11-17(23)20-19-22-21-18(29-19)15-10-13(27-2)6-9-16(15)28-3/h4-10H,11H2,1-3H3,(H,20,22,23). The second-order valence-electron chi connectivity index (χ2n) is 5.96. The Morgan fingerprint density at radius 2 is 1.63 bits per heavy atom. The van der Waals surface area contributed by atoms with Crippen LogP contribution in [0, 0.1) is 0 Å². The second-order valence-corrected chi connectivity index (χ2v) is 7.95. The van der Waals surface area contributed by atoms with E-state index in [9.17, 15) is 13.2 Å². The zero-order chi connectivity index (χ0) is 21.7. The van der Waals surface area contributed by atoms with Gasteiger partial charge < -0.3 is 18.6 Å². The zero-order valence-electron chi connectivity index (χ0n) is 16.4. The van der Waals surface area contributed by atoms with E-state index in [1.54, 1.807) is 18.2 Å². The van der Waals surface area contributed by atoms with E-state index < -0.39 is 21.5 Å². The first-order valence-electron chi connectivity index (χ1n) is 8.59. The lowest BCUT2D eigenvalue weighted by Gasteiger charge is -2.07. The van der Waals surface area contributed by atoms with Crippen molar-refractivity contribution in [2.24, 2.45) is 0 Å². The number of benzene rings is 2. The van der Waals surface area contributed by atoms with Gasteiger partial charge in [-0.1, -0.05) is 5.10 Å². The Morgan fingerprint density at radius 1 is 0.967 bits per heavy atom. The number of hydrogen-bond donors (Lipinski definition) is 1. The molecule has 3 rings (SSSR count). The summed E-state index contributed by atoms with van der Waals surface area (Å²) in [5.74, 6) is -0.0403. The van der Waals surface area contributed by atoms with Crippen LogP contribution in [0.4, 0.5) is 6.01 Å². The van der Waals surface area contributed by atoms with Crippen molar-refractivity contribution in [3.63, 3.8) is 0 Å². The lowest BCUT2D eigenvalue weighted by molar-refractivity contribution is -0.114. The fraction of sp³-hybridized carbons (Fsp3) is 0.211. The first-order chi connectivity index (χ1) is 14.4. The van der Waals surface area contributed by atoms with Crippen LogP contribution in [0.25, 0.3) is 11.5 Å². The number of rotatable bonds is 8. The van der Waals surface area contributed by atoms with Crippen LogP contribution < -0.4 is 19.5 Å². The van der Waals surface area contributed by atoms with Gasteiger partial charge in [0, 0.05) is 0 Å². The van der Waals surface area contributed by atoms with Crippen molar-refractivity contribution in [3.05, 3.63) is 42.5 Å². The molecule has 1 N–H and O–H groups in total. The monoisotopic (exact) mass is 433 g/mol. The fourth-order valence-corrected chi connectivity index (χ4v) is 3.69. The van der Waals surface area contributed by atoms with Gasteiger partial charge in [-0.05, 0) is 42.5 Å². The number of carbonyl (C=O) groups is 1. The molecule has 3 aromatic rings. The predicted molar refractivity (Wildman–Crippen MR) is 107 cm³/mol. The third kappa shape index (κ3) is 4.69. The lowest BCUT2D eigenvalue weighted by atomic mass is 10.2. The molecule has 0 bridgehead atoms. The maximum atomic E-state index is 12.4. The van der Waals surface area contributed by atoms with E-state index in [1.165, 1.54) is 45.6 Å². The smallest absolute Gasteiger partial charge is 0.322 e. The molecule has 0 fully saturated rings. The molecule has 0 saturated carbocycles. The highest BCUT2D eigenvalue weighted by molar-refractivity contribution is 7.92. The molecule has 11 heteroatoms. The summed E-state index contributed by atoms with van der Waals surface area (Å²) in [4.78, 5) is 12.2. The Balaban J connectivity index is 1.73. The third-order valence-electron chi connectivity index (χ3n) is 4.05. The molecule has 1 heterocycles. The summed E-state index contributed by atoms with van der Waals surface area (Å²) in [6.45, 7) is 0. The number of carbonyl (C=O) groups excluding carboxylic acids is 1. The van der Waals surface area contributed by atoms with Gasteiger partial charge in [0.25, 0.3) is 5.89 Å². The number of anilines is 1. The van der Waals surface area contributed by atoms with Crippen LogP contribution in [0.1, 0.15) is 0 Å². The van der Waals surface area contributed by atoms with Gasteiger partial charge in [-0.15, -0.1) is 5.10 Å². The lowest BCUT2D eigenvalue weighted by Crippen LogP contribution is -2.23. The Labute approximate surface area is 172 Å². The summed E-state index contributed by atoms with van der Waals surface area (Å²) in [6.07, 6.45) is 0. The first-order valence-corrected chi connectivity index (χ1v) is 10.2. The number of ether oxygens (including phenoxy) is 3. The molecular formula is C19H19N3O7S. The van der Waals surface area contributed by atoms with Gasteiger partial charge >= 0.3 is 6.01 Å². The van der Waals surface area contributed by atoms with Gasteiger partial charge in [-0.2, -0.15) is 0 Å². The number of nitrogens with one attached hydrogen (secondary N) is 1. The highest BCUT2D eigenvalue weighted by atomic mass is 32.2. The van der Waals surface area contributed by atoms with Gasteiger partial charge in [0.1, 0.15) is 23.0 Å². The van der Waals surface area contributed by atoms with Crippen molar-refractivity contribution in [2.75, 3.05) is 32.4 Å². The molecule has 0 spiro atoms. The van der Waals surface area contributed by atoms with Gasteiger partial charge in [0.2, 0.25) is 5.91 Å². The van der Waals surface area contributed by atoms with E-state index in [1.807, 2.05) is 0 Å². The van der Waals surface area contributed by atoms with E-state index >= 15 is 0 Å². The zero-order valence-corrected chi connectivity index (χ0v) is 17.2. The van der Waals surface area contributed by atoms with Crippen LogP contribution in [0.3, 0.4) is 0 Å². The van der Waals surface area contributed by atoms with E-state index in [0.717, 1.165) is 0 Å². The maximum Gasteiger partial charge on any atom is 0.322 e. The van der Waals surface area contributed by atoms with Crippen LogP contribution in [0.2, 0.25) is 0 Å². The van der Waals surface area contributed by atoms with Crippen molar-refractivity contribution < 1.29 is 31.8 Å². The van der Waals surface area contributed by atoms with Crippen molar-refractivity contribution in [1.29, 1.82) is 0 Å². The average Bonchev–Trinajstić information content (AvgIpc) is 3.20. The van der Waals surface area contributed by atoms with E-state index in [4.69, 9.17) is 18.6 Å². The highest BCUT2D eigenvalue weighted by Gasteiger charge is 2.22. The SMILES string of the molecule is COc1ccc(S(=O)(=O)CC(=O)Nc2nnc(-c3cc(OC)ccc3OC)o2)cc1. The largest absolute Gasteiger partial charge is 0.497 e. The summed E-state index contributed by atoms with van der Waals surface area (Å²) in [7, 11) is 0.594. The molecule has 0 atom stereocenters. The molecule has 1 aromatic heterocycles. The van der Waals surface area contributed by atoms with E-state index in [-0.39, 0.29) is 16.8 Å². The second kappa shape index (κ2) is 8.82. The van der Waals surface area contributed by atoms with Crippen LogP contribution in [-0.4, -0.2) is 51.6 Å². The van der Waals surface area contributed by atoms with Gasteiger partial charge in [0.15, 0.2) is 9.84 Å². The number of nitrogens with zero attached hydrogens (tertiary/aromatic N) is 2. The topological polar surface area (TPSA) is 130 Å². The van der Waals surface area contributed by atoms with Gasteiger partial charge in [-0.25, -0.2) is 8.42 Å². The number of sulfone groups is 1. The molecular weight excluding hydrogens is 414 g/mol. The molecule has 158 valence electrons. The molecule has 1 amide bonds. The number of aromatic nitrogens is 2. The average molecular weight is 433 g/mol. The number of methoxy groups -OCH3 is 3. The fourth-order valence-electron chi connectivity index (χ4n) is 2.56. The van der Waals surface area contributed by atoms with Crippen LogP contribution in [-0.2, 0) is 14.6 Å². The van der Waals surface area contributed by atoms with Gasteiger partial charge in [-0.3, -0.25) is 10.1 Å². The summed E-state index contributed by atoms with van der Waals surface area (Å²) < 4.78 is 45.7. The summed E-state index contributed by atoms with van der Waals surface area (Å²) >= 11 is 0. The molecule has 0 radical (unpaired) electrons. The van der Waals surface area contributed by atoms with Crippen molar-refractivity contribution in [2.45, 2.75) is 4.90 Å². The van der Waals surface area contributed by atoms with Crippen molar-refractivity contribution in [3.8, 4) is 28.7 Å². The summed E-state index contributed by atoms with van der Waals surface area (Å²) in [5, 5.41) is 9.89. The molecule has 2 aromatic carbocycles. The molecule has 10 nitrogen and oxygen atoms in total. The van der Waals surface area contributed by atoms with Crippen LogP contribution in [0.5, 0.6) is 17.2 Å². The number of hydrogen-bond acceptors (Lipinski definition) is 9. The van der Waals surface area contributed by atoms with Crippen molar-refractivity contribution in [1.82, 2.24) is 10.2 Å².